The number of piperazine rings is 1. The Morgan fingerprint density at radius 1 is 1.05 bits per heavy atom. The van der Waals surface area contributed by atoms with E-state index in [9.17, 15) is 0 Å². The summed E-state index contributed by atoms with van der Waals surface area (Å²) in [7, 11) is 0. The first-order chi connectivity index (χ1) is 9.33. The molecule has 1 aliphatic heterocycles. The van der Waals surface area contributed by atoms with Crippen LogP contribution >= 0.6 is 0 Å². The normalized spacial score (nSPS) is 23.7. The van der Waals surface area contributed by atoms with Gasteiger partial charge in [0.05, 0.1) is 0 Å². The second-order valence-corrected chi connectivity index (χ2v) is 6.43. The lowest BCUT2D eigenvalue weighted by atomic mass is 10.1. The van der Waals surface area contributed by atoms with Crippen molar-refractivity contribution in [3.8, 4) is 0 Å². The van der Waals surface area contributed by atoms with Crippen molar-refractivity contribution in [1.82, 2.24) is 15.1 Å². The molecule has 2 rings (SSSR count). The van der Waals surface area contributed by atoms with Gasteiger partial charge in [0.1, 0.15) is 0 Å². The molecular weight excluding hydrogens is 234 g/mol. The first-order valence-corrected chi connectivity index (χ1v) is 8.50. The minimum absolute atomic E-state index is 0.764. The lowest BCUT2D eigenvalue weighted by Crippen LogP contribution is -2.53. The second-order valence-electron chi connectivity index (χ2n) is 6.43. The minimum atomic E-state index is 0.764. The van der Waals surface area contributed by atoms with Gasteiger partial charge < -0.3 is 10.2 Å². The van der Waals surface area contributed by atoms with E-state index in [0.29, 0.717) is 0 Å². The number of nitrogens with one attached hydrogen (secondary N) is 1. The zero-order valence-electron chi connectivity index (χ0n) is 13.0. The fourth-order valence-corrected chi connectivity index (χ4v) is 3.17. The zero-order chi connectivity index (χ0) is 13.5. The zero-order valence-corrected chi connectivity index (χ0v) is 13.0. The molecule has 0 aromatic carbocycles. The number of rotatable bonds is 9. The average Bonchev–Trinajstić information content (AvgIpc) is 3.23. The average molecular weight is 267 g/mol. The third-order valence-electron chi connectivity index (χ3n) is 4.57. The molecule has 2 aliphatic rings. The van der Waals surface area contributed by atoms with E-state index in [4.69, 9.17) is 0 Å². The van der Waals surface area contributed by atoms with E-state index in [1.54, 1.807) is 0 Å². The van der Waals surface area contributed by atoms with Crippen molar-refractivity contribution in [2.24, 2.45) is 5.92 Å². The van der Waals surface area contributed by atoms with Crippen LogP contribution in [0.2, 0.25) is 0 Å². The molecule has 1 N–H and O–H groups in total. The summed E-state index contributed by atoms with van der Waals surface area (Å²) in [5.41, 5.74) is 0. The van der Waals surface area contributed by atoms with E-state index in [0.717, 1.165) is 12.0 Å². The van der Waals surface area contributed by atoms with E-state index in [1.807, 2.05) is 0 Å². The third kappa shape index (κ3) is 5.41. The molecular formula is C16H33N3. The van der Waals surface area contributed by atoms with Crippen LogP contribution in [0.3, 0.4) is 0 Å². The van der Waals surface area contributed by atoms with Gasteiger partial charge in [0, 0.05) is 45.3 Å². The highest BCUT2D eigenvalue weighted by molar-refractivity contribution is 4.83. The van der Waals surface area contributed by atoms with Gasteiger partial charge in [-0.1, -0.05) is 20.3 Å². The molecule has 1 saturated heterocycles. The topological polar surface area (TPSA) is 18.5 Å². The van der Waals surface area contributed by atoms with Crippen LogP contribution in [-0.4, -0.2) is 61.7 Å². The Labute approximate surface area is 119 Å². The van der Waals surface area contributed by atoms with Crippen molar-refractivity contribution < 1.29 is 0 Å². The molecule has 1 aliphatic carbocycles. The molecule has 112 valence electrons. The molecule has 0 amide bonds. The Morgan fingerprint density at radius 3 is 2.37 bits per heavy atom. The Balaban J connectivity index is 1.68. The molecule has 0 aromatic rings. The van der Waals surface area contributed by atoms with Crippen LogP contribution in [0.4, 0.5) is 0 Å². The van der Waals surface area contributed by atoms with Crippen LogP contribution in [0.5, 0.6) is 0 Å². The quantitative estimate of drug-likeness (QED) is 0.646. The molecule has 1 atom stereocenters. The first-order valence-electron chi connectivity index (χ1n) is 8.50. The van der Waals surface area contributed by atoms with Gasteiger partial charge in [0.25, 0.3) is 0 Å². The summed E-state index contributed by atoms with van der Waals surface area (Å²) < 4.78 is 0. The lowest BCUT2D eigenvalue weighted by molar-refractivity contribution is 0.0884. The largest absolute Gasteiger partial charge is 0.315 e. The maximum absolute atomic E-state index is 3.62. The number of hydrogen-bond acceptors (Lipinski definition) is 3. The van der Waals surface area contributed by atoms with Crippen molar-refractivity contribution >= 4 is 0 Å². The van der Waals surface area contributed by atoms with Gasteiger partial charge in [-0.15, -0.1) is 0 Å². The summed E-state index contributed by atoms with van der Waals surface area (Å²) >= 11 is 0. The van der Waals surface area contributed by atoms with E-state index in [1.165, 1.54) is 77.9 Å². The van der Waals surface area contributed by atoms with E-state index in [-0.39, 0.29) is 0 Å². The Hall–Kier alpha value is -0.120. The molecule has 0 radical (unpaired) electrons. The lowest BCUT2D eigenvalue weighted by Gasteiger charge is -2.39. The summed E-state index contributed by atoms with van der Waals surface area (Å²) in [6, 6.07) is 0.764. The second kappa shape index (κ2) is 8.23. The number of nitrogens with zero attached hydrogens (tertiary/aromatic N) is 2. The van der Waals surface area contributed by atoms with Gasteiger partial charge in [-0.25, -0.2) is 0 Å². The van der Waals surface area contributed by atoms with Crippen LogP contribution in [0.1, 0.15) is 46.0 Å². The van der Waals surface area contributed by atoms with E-state index >= 15 is 0 Å². The molecule has 19 heavy (non-hydrogen) atoms. The molecule has 3 nitrogen and oxygen atoms in total. The van der Waals surface area contributed by atoms with Crippen LogP contribution < -0.4 is 5.32 Å². The van der Waals surface area contributed by atoms with Crippen molar-refractivity contribution in [2.45, 2.75) is 52.0 Å². The highest BCUT2D eigenvalue weighted by Crippen LogP contribution is 2.30. The Bertz CT molecular complexity index is 232. The van der Waals surface area contributed by atoms with Gasteiger partial charge in [-0.2, -0.15) is 0 Å². The van der Waals surface area contributed by atoms with Gasteiger partial charge in [-0.05, 0) is 38.1 Å². The van der Waals surface area contributed by atoms with Gasteiger partial charge in [0.2, 0.25) is 0 Å². The third-order valence-corrected chi connectivity index (χ3v) is 4.57. The standard InChI is InChI=1S/C16H33N3/c1-3-5-16(13-17-8-4-2)19-11-9-18(10-12-19)14-15-6-7-15/h15-17H,3-14H2,1-2H3. The highest BCUT2D eigenvalue weighted by atomic mass is 15.3. The molecule has 0 bridgehead atoms. The van der Waals surface area contributed by atoms with Gasteiger partial charge in [-0.3, -0.25) is 4.90 Å². The Kier molecular flexibility index (Phi) is 6.62. The van der Waals surface area contributed by atoms with Crippen molar-refractivity contribution in [2.75, 3.05) is 45.8 Å². The van der Waals surface area contributed by atoms with Crippen molar-refractivity contribution in [3.63, 3.8) is 0 Å². The summed E-state index contributed by atoms with van der Waals surface area (Å²) in [4.78, 5) is 5.42. The van der Waals surface area contributed by atoms with Crippen molar-refractivity contribution in [3.05, 3.63) is 0 Å². The maximum Gasteiger partial charge on any atom is 0.0221 e. The molecule has 1 saturated carbocycles. The van der Waals surface area contributed by atoms with Crippen LogP contribution in [0.15, 0.2) is 0 Å². The molecule has 0 aromatic heterocycles. The smallest absolute Gasteiger partial charge is 0.0221 e. The van der Waals surface area contributed by atoms with Crippen LogP contribution in [0, 0.1) is 5.92 Å². The number of hydrogen-bond donors (Lipinski definition) is 1. The predicted octanol–water partition coefficient (Wildman–Crippen LogP) is 2.18. The maximum atomic E-state index is 3.62. The molecule has 3 heteroatoms. The summed E-state index contributed by atoms with van der Waals surface area (Å²) in [5, 5.41) is 3.62. The fourth-order valence-electron chi connectivity index (χ4n) is 3.17. The van der Waals surface area contributed by atoms with E-state index in [2.05, 4.69) is 29.0 Å². The minimum Gasteiger partial charge on any atom is -0.315 e. The van der Waals surface area contributed by atoms with Crippen LogP contribution in [-0.2, 0) is 0 Å². The van der Waals surface area contributed by atoms with Gasteiger partial charge in [0.15, 0.2) is 0 Å². The Morgan fingerprint density at radius 2 is 1.79 bits per heavy atom. The van der Waals surface area contributed by atoms with E-state index < -0.39 is 0 Å². The molecule has 2 fully saturated rings. The fraction of sp³-hybridized carbons (Fsp3) is 1.00. The van der Waals surface area contributed by atoms with Crippen molar-refractivity contribution in [1.29, 1.82) is 0 Å². The molecule has 1 unspecified atom stereocenters. The van der Waals surface area contributed by atoms with Crippen LogP contribution in [0.25, 0.3) is 0 Å². The summed E-state index contributed by atoms with van der Waals surface area (Å²) in [6.45, 7) is 13.5. The molecule has 1 heterocycles. The summed E-state index contributed by atoms with van der Waals surface area (Å²) in [5.74, 6) is 1.05. The first kappa shape index (κ1) is 15.3. The monoisotopic (exact) mass is 267 g/mol. The highest BCUT2D eigenvalue weighted by Gasteiger charge is 2.28. The SMILES string of the molecule is CCCNCC(CCC)N1CCN(CC2CC2)CC1. The summed E-state index contributed by atoms with van der Waals surface area (Å²) in [6.07, 6.45) is 6.87. The van der Waals surface area contributed by atoms with Gasteiger partial charge >= 0.3 is 0 Å². The predicted molar refractivity (Wildman–Crippen MR) is 82.6 cm³/mol. The molecule has 0 spiro atoms.